The number of hydrazone groups is 1. The van der Waals surface area contributed by atoms with Crippen molar-refractivity contribution in [2.24, 2.45) is 5.10 Å². The number of methoxy groups -OCH3 is 1. The van der Waals surface area contributed by atoms with Gasteiger partial charge in [0.05, 0.1) is 23.9 Å². The molecule has 0 saturated heterocycles. The number of nitrogens with zero attached hydrogens (tertiary/aromatic N) is 1. The minimum atomic E-state index is -1.08. The molecule has 7 nitrogen and oxygen atoms in total. The van der Waals surface area contributed by atoms with Gasteiger partial charge >= 0.3 is 5.97 Å². The van der Waals surface area contributed by atoms with Gasteiger partial charge in [-0.3, -0.25) is 4.79 Å². The van der Waals surface area contributed by atoms with Crippen molar-refractivity contribution in [1.29, 1.82) is 0 Å². The first-order valence-electron chi connectivity index (χ1n) is 7.57. The fraction of sp³-hybridized carbons (Fsp3) is 0.167. The lowest BCUT2D eigenvalue weighted by Crippen LogP contribution is -2.23. The number of carbonyl (C=O) groups is 2. The molecule has 2 rings (SSSR count). The molecular weight excluding hydrogens is 360 g/mol. The number of carbonyl (C=O) groups excluding carboxylic acids is 1. The van der Waals surface area contributed by atoms with E-state index in [1.807, 2.05) is 0 Å². The molecule has 1 atom stereocenters. The first-order valence-corrected chi connectivity index (χ1v) is 7.95. The van der Waals surface area contributed by atoms with E-state index in [1.165, 1.54) is 20.2 Å². The molecule has 2 aromatic rings. The highest BCUT2D eigenvalue weighted by Crippen LogP contribution is 2.28. The van der Waals surface area contributed by atoms with E-state index < -0.39 is 18.0 Å². The Kier molecular flexibility index (Phi) is 6.57. The van der Waals surface area contributed by atoms with Crippen LogP contribution in [0.1, 0.15) is 22.8 Å². The molecule has 0 unspecified atom stereocenters. The molecule has 1 amide bonds. The SMILES string of the molecule is COc1cc(/C=N\NC(=O)c2ccccc2Cl)ccc1O[C@H](C)C(=O)O. The van der Waals surface area contributed by atoms with E-state index >= 15 is 0 Å². The molecule has 2 N–H and O–H groups in total. The Labute approximate surface area is 155 Å². The molecule has 2 aromatic carbocycles. The van der Waals surface area contributed by atoms with Crippen LogP contribution in [0.5, 0.6) is 11.5 Å². The van der Waals surface area contributed by atoms with Crippen molar-refractivity contribution in [1.82, 2.24) is 5.43 Å². The molecule has 0 aliphatic rings. The molecule has 0 saturated carbocycles. The van der Waals surface area contributed by atoms with Crippen LogP contribution in [0.25, 0.3) is 0 Å². The van der Waals surface area contributed by atoms with Gasteiger partial charge in [0, 0.05) is 0 Å². The van der Waals surface area contributed by atoms with Crippen molar-refractivity contribution in [3.05, 3.63) is 58.6 Å². The van der Waals surface area contributed by atoms with Gasteiger partial charge in [-0.25, -0.2) is 10.2 Å². The molecule has 136 valence electrons. The van der Waals surface area contributed by atoms with Crippen LogP contribution in [0.3, 0.4) is 0 Å². The predicted octanol–water partition coefficient (Wildman–Crippen LogP) is 2.96. The summed E-state index contributed by atoms with van der Waals surface area (Å²) in [5, 5.41) is 13.1. The van der Waals surface area contributed by atoms with Crippen molar-refractivity contribution in [3.63, 3.8) is 0 Å². The monoisotopic (exact) mass is 376 g/mol. The third kappa shape index (κ3) is 4.97. The Hall–Kier alpha value is -3.06. The molecule has 0 spiro atoms. The summed E-state index contributed by atoms with van der Waals surface area (Å²) >= 11 is 5.95. The number of carboxylic acids is 1. The first kappa shape index (κ1) is 19.3. The summed E-state index contributed by atoms with van der Waals surface area (Å²) in [5.41, 5.74) is 3.32. The fourth-order valence-electron chi connectivity index (χ4n) is 1.97. The molecule has 0 radical (unpaired) electrons. The molecule has 0 aliphatic heterocycles. The van der Waals surface area contributed by atoms with Gasteiger partial charge in [-0.2, -0.15) is 5.10 Å². The van der Waals surface area contributed by atoms with Gasteiger partial charge in [-0.05, 0) is 42.8 Å². The van der Waals surface area contributed by atoms with E-state index in [4.69, 9.17) is 26.2 Å². The molecule has 8 heteroatoms. The number of ether oxygens (including phenoxy) is 2. The fourth-order valence-corrected chi connectivity index (χ4v) is 2.20. The normalized spacial score (nSPS) is 11.8. The number of hydrogen-bond acceptors (Lipinski definition) is 5. The average molecular weight is 377 g/mol. The summed E-state index contributed by atoms with van der Waals surface area (Å²) in [7, 11) is 1.44. The summed E-state index contributed by atoms with van der Waals surface area (Å²) in [6.45, 7) is 1.42. The summed E-state index contributed by atoms with van der Waals surface area (Å²) < 4.78 is 10.5. The van der Waals surface area contributed by atoms with Crippen LogP contribution >= 0.6 is 11.6 Å². The highest BCUT2D eigenvalue weighted by atomic mass is 35.5. The van der Waals surface area contributed by atoms with Gasteiger partial charge in [0.1, 0.15) is 0 Å². The van der Waals surface area contributed by atoms with Gasteiger partial charge in [-0.1, -0.05) is 23.7 Å². The molecule has 0 heterocycles. The Bertz CT molecular complexity index is 838. The van der Waals surface area contributed by atoms with Crippen molar-refractivity contribution >= 4 is 29.7 Å². The van der Waals surface area contributed by atoms with Gasteiger partial charge in [0.25, 0.3) is 5.91 Å². The van der Waals surface area contributed by atoms with Crippen molar-refractivity contribution in [2.75, 3.05) is 7.11 Å². The Morgan fingerprint density at radius 2 is 1.96 bits per heavy atom. The van der Waals surface area contributed by atoms with Crippen LogP contribution < -0.4 is 14.9 Å². The molecule has 0 bridgehead atoms. The second-order valence-corrected chi connectivity index (χ2v) is 5.59. The minimum absolute atomic E-state index is 0.291. The molecule has 0 aliphatic carbocycles. The van der Waals surface area contributed by atoms with E-state index in [0.717, 1.165) is 0 Å². The number of hydrogen-bond donors (Lipinski definition) is 2. The Balaban J connectivity index is 2.07. The quantitative estimate of drug-likeness (QED) is 0.572. The standard InChI is InChI=1S/C18H17ClN2O5/c1-11(18(23)24)26-15-8-7-12(9-16(15)25-2)10-20-21-17(22)13-5-3-4-6-14(13)19/h3-11H,1-2H3,(H,21,22)(H,23,24)/b20-10-/t11-/m1/s1. The number of carboxylic acid groups (broad SMARTS) is 1. The average Bonchev–Trinajstić information content (AvgIpc) is 2.62. The second kappa shape index (κ2) is 8.87. The Morgan fingerprint density at radius 1 is 1.23 bits per heavy atom. The molecule has 26 heavy (non-hydrogen) atoms. The van der Waals surface area contributed by atoms with E-state index in [0.29, 0.717) is 27.6 Å². The zero-order valence-corrected chi connectivity index (χ0v) is 14.9. The smallest absolute Gasteiger partial charge is 0.344 e. The summed E-state index contributed by atoms with van der Waals surface area (Å²) in [4.78, 5) is 22.9. The van der Waals surface area contributed by atoms with Gasteiger partial charge in [0.15, 0.2) is 17.6 Å². The van der Waals surface area contributed by atoms with E-state index in [9.17, 15) is 9.59 Å². The van der Waals surface area contributed by atoms with Crippen LogP contribution in [-0.2, 0) is 4.79 Å². The summed E-state index contributed by atoms with van der Waals surface area (Å²) in [6.07, 6.45) is 0.403. The third-order valence-corrected chi connectivity index (χ3v) is 3.67. The second-order valence-electron chi connectivity index (χ2n) is 5.19. The lowest BCUT2D eigenvalue weighted by atomic mass is 10.2. The predicted molar refractivity (Wildman–Crippen MR) is 97.2 cm³/mol. The van der Waals surface area contributed by atoms with Crippen LogP contribution in [0.15, 0.2) is 47.6 Å². The molecule has 0 fully saturated rings. The maximum absolute atomic E-state index is 12.0. The largest absolute Gasteiger partial charge is 0.493 e. The topological polar surface area (TPSA) is 97.2 Å². The van der Waals surface area contributed by atoms with Crippen molar-refractivity contribution in [2.45, 2.75) is 13.0 Å². The summed E-state index contributed by atoms with van der Waals surface area (Å²) in [6, 6.07) is 11.5. The minimum Gasteiger partial charge on any atom is -0.493 e. The van der Waals surface area contributed by atoms with Crippen LogP contribution in [0.4, 0.5) is 0 Å². The van der Waals surface area contributed by atoms with Crippen molar-refractivity contribution < 1.29 is 24.2 Å². The number of nitrogens with one attached hydrogen (secondary N) is 1. The van der Waals surface area contributed by atoms with Crippen LogP contribution in [0.2, 0.25) is 5.02 Å². The Morgan fingerprint density at radius 3 is 2.62 bits per heavy atom. The number of aliphatic carboxylic acids is 1. The van der Waals surface area contributed by atoms with E-state index in [1.54, 1.807) is 42.5 Å². The van der Waals surface area contributed by atoms with Gasteiger partial charge < -0.3 is 14.6 Å². The zero-order valence-electron chi connectivity index (χ0n) is 14.1. The van der Waals surface area contributed by atoms with Crippen LogP contribution in [-0.4, -0.2) is 36.4 Å². The number of amides is 1. The molecule has 0 aromatic heterocycles. The van der Waals surface area contributed by atoms with Crippen LogP contribution in [0, 0.1) is 0 Å². The highest BCUT2D eigenvalue weighted by molar-refractivity contribution is 6.33. The van der Waals surface area contributed by atoms with Gasteiger partial charge in [-0.15, -0.1) is 0 Å². The lowest BCUT2D eigenvalue weighted by Gasteiger charge is -2.14. The highest BCUT2D eigenvalue weighted by Gasteiger charge is 2.15. The number of benzene rings is 2. The first-order chi connectivity index (χ1) is 12.4. The van der Waals surface area contributed by atoms with E-state index in [-0.39, 0.29) is 0 Å². The zero-order chi connectivity index (χ0) is 19.1. The lowest BCUT2D eigenvalue weighted by molar-refractivity contribution is -0.144. The van der Waals surface area contributed by atoms with Gasteiger partial charge in [0.2, 0.25) is 0 Å². The molecular formula is C18H17ClN2O5. The maximum Gasteiger partial charge on any atom is 0.344 e. The maximum atomic E-state index is 12.0. The number of halogens is 1. The number of rotatable bonds is 7. The third-order valence-electron chi connectivity index (χ3n) is 3.34. The van der Waals surface area contributed by atoms with E-state index in [2.05, 4.69) is 10.5 Å². The summed E-state index contributed by atoms with van der Waals surface area (Å²) in [5.74, 6) is -0.881. The van der Waals surface area contributed by atoms with Crippen molar-refractivity contribution in [3.8, 4) is 11.5 Å².